The molecule has 0 atom stereocenters. The van der Waals surface area contributed by atoms with Gasteiger partial charge in [0.15, 0.2) is 0 Å². The fourth-order valence-corrected chi connectivity index (χ4v) is 0.375. The summed E-state index contributed by atoms with van der Waals surface area (Å²) in [5.74, 6) is -1.31. The molecule has 0 spiro atoms. The SMILES string of the molecule is CNC/C(O)=C/C(=O)O. The van der Waals surface area contributed by atoms with Crippen molar-refractivity contribution in [2.45, 2.75) is 0 Å². The average Bonchev–Trinajstić information content (AvgIpc) is 1.63. The predicted molar refractivity (Wildman–Crippen MR) is 32.3 cm³/mol. The molecule has 4 heteroatoms. The Hall–Kier alpha value is -1.03. The number of carbonyl (C=O) groups is 1. The maximum Gasteiger partial charge on any atom is 0.331 e. The fraction of sp³-hybridized carbons (Fsp3) is 0.400. The maximum absolute atomic E-state index is 9.82. The number of carboxylic acid groups (broad SMARTS) is 1. The predicted octanol–water partition coefficient (Wildman–Crippen LogP) is -0.268. The molecule has 0 aromatic heterocycles. The summed E-state index contributed by atoms with van der Waals surface area (Å²) in [5, 5.41) is 19.3. The topological polar surface area (TPSA) is 69.6 Å². The number of carboxylic acids is 1. The number of likely N-dealkylation sites (N-methyl/N-ethyl adjacent to an activating group) is 1. The van der Waals surface area contributed by atoms with E-state index in [4.69, 9.17) is 10.2 Å². The molecule has 0 saturated carbocycles. The zero-order chi connectivity index (χ0) is 7.28. The third-order valence-electron chi connectivity index (χ3n) is 0.648. The van der Waals surface area contributed by atoms with E-state index in [1.165, 1.54) is 0 Å². The van der Waals surface area contributed by atoms with Gasteiger partial charge in [-0.25, -0.2) is 4.79 Å². The molecular formula is C5H9NO3. The molecule has 0 aliphatic carbocycles. The molecule has 0 heterocycles. The van der Waals surface area contributed by atoms with Gasteiger partial charge in [-0.3, -0.25) is 0 Å². The van der Waals surface area contributed by atoms with E-state index < -0.39 is 5.97 Å². The molecule has 0 bridgehead atoms. The molecule has 3 N–H and O–H groups in total. The lowest BCUT2D eigenvalue weighted by Crippen LogP contribution is -2.11. The Morgan fingerprint density at radius 2 is 2.22 bits per heavy atom. The summed E-state index contributed by atoms with van der Waals surface area (Å²) in [6.07, 6.45) is 0.747. The highest BCUT2D eigenvalue weighted by Gasteiger charge is 1.93. The number of aliphatic hydroxyl groups excluding tert-OH is 1. The summed E-state index contributed by atoms with van der Waals surface area (Å²) >= 11 is 0. The largest absolute Gasteiger partial charge is 0.511 e. The summed E-state index contributed by atoms with van der Waals surface area (Å²) in [5.41, 5.74) is 0. The van der Waals surface area contributed by atoms with Gasteiger partial charge >= 0.3 is 5.97 Å². The van der Waals surface area contributed by atoms with Crippen LogP contribution in [0, 0.1) is 0 Å². The third kappa shape index (κ3) is 4.83. The van der Waals surface area contributed by atoms with Crippen LogP contribution in [0.5, 0.6) is 0 Å². The van der Waals surface area contributed by atoms with E-state index in [1.807, 2.05) is 0 Å². The smallest absolute Gasteiger partial charge is 0.331 e. The second-order valence-electron chi connectivity index (χ2n) is 1.50. The lowest BCUT2D eigenvalue weighted by atomic mass is 10.4. The number of aliphatic carboxylic acids is 1. The molecule has 9 heavy (non-hydrogen) atoms. The van der Waals surface area contributed by atoms with Gasteiger partial charge in [-0.1, -0.05) is 0 Å². The molecule has 0 aliphatic heterocycles. The number of rotatable bonds is 3. The molecule has 0 radical (unpaired) electrons. The van der Waals surface area contributed by atoms with Crippen LogP contribution < -0.4 is 5.32 Å². The number of aliphatic hydroxyl groups is 1. The molecule has 52 valence electrons. The fourth-order valence-electron chi connectivity index (χ4n) is 0.375. The molecule has 0 aromatic rings. The van der Waals surface area contributed by atoms with Crippen LogP contribution in [0.3, 0.4) is 0 Å². The zero-order valence-electron chi connectivity index (χ0n) is 5.09. The summed E-state index contributed by atoms with van der Waals surface area (Å²) in [6, 6.07) is 0. The van der Waals surface area contributed by atoms with E-state index in [1.54, 1.807) is 7.05 Å². The Labute approximate surface area is 52.8 Å². The molecular weight excluding hydrogens is 122 g/mol. The van der Waals surface area contributed by atoms with E-state index in [0.717, 1.165) is 6.08 Å². The Balaban J connectivity index is 3.69. The van der Waals surface area contributed by atoms with Crippen LogP contribution in [0.2, 0.25) is 0 Å². The number of hydrogen-bond acceptors (Lipinski definition) is 3. The zero-order valence-corrected chi connectivity index (χ0v) is 5.09. The lowest BCUT2D eigenvalue weighted by Gasteiger charge is -1.93. The Morgan fingerprint density at radius 3 is 2.56 bits per heavy atom. The van der Waals surface area contributed by atoms with Gasteiger partial charge in [-0.05, 0) is 7.05 Å². The molecule has 0 unspecified atom stereocenters. The summed E-state index contributed by atoms with van der Waals surface area (Å²) in [7, 11) is 1.62. The van der Waals surface area contributed by atoms with E-state index in [2.05, 4.69) is 5.32 Å². The Kier molecular flexibility index (Phi) is 3.46. The molecule has 0 rings (SSSR count). The summed E-state index contributed by atoms with van der Waals surface area (Å²) < 4.78 is 0. The lowest BCUT2D eigenvalue weighted by molar-refractivity contribution is -0.131. The van der Waals surface area contributed by atoms with Crippen molar-refractivity contribution in [3.8, 4) is 0 Å². The first-order valence-electron chi connectivity index (χ1n) is 2.44. The number of hydrogen-bond donors (Lipinski definition) is 3. The van der Waals surface area contributed by atoms with Crippen molar-refractivity contribution in [3.05, 3.63) is 11.8 Å². The van der Waals surface area contributed by atoms with E-state index in [-0.39, 0.29) is 12.3 Å². The van der Waals surface area contributed by atoms with E-state index >= 15 is 0 Å². The Bertz CT molecular complexity index is 130. The van der Waals surface area contributed by atoms with Crippen molar-refractivity contribution in [2.75, 3.05) is 13.6 Å². The normalized spacial score (nSPS) is 11.4. The molecule has 0 aliphatic rings. The first kappa shape index (κ1) is 7.97. The monoisotopic (exact) mass is 131 g/mol. The first-order valence-corrected chi connectivity index (χ1v) is 2.44. The summed E-state index contributed by atoms with van der Waals surface area (Å²) in [4.78, 5) is 9.82. The molecule has 0 saturated heterocycles. The standard InChI is InChI=1S/C5H9NO3/c1-6-3-4(7)2-5(8)9/h2,6-7H,3H2,1H3,(H,8,9)/b4-2-. The van der Waals surface area contributed by atoms with Crippen LogP contribution in [0.1, 0.15) is 0 Å². The van der Waals surface area contributed by atoms with Crippen LogP contribution in [0.25, 0.3) is 0 Å². The first-order chi connectivity index (χ1) is 4.16. The second kappa shape index (κ2) is 3.91. The quantitative estimate of drug-likeness (QED) is 0.364. The van der Waals surface area contributed by atoms with Crippen LogP contribution in [0.15, 0.2) is 11.8 Å². The van der Waals surface area contributed by atoms with Crippen molar-refractivity contribution in [1.82, 2.24) is 5.32 Å². The second-order valence-corrected chi connectivity index (χ2v) is 1.50. The van der Waals surface area contributed by atoms with Gasteiger partial charge in [0, 0.05) is 0 Å². The van der Waals surface area contributed by atoms with Gasteiger partial charge in [0.2, 0.25) is 0 Å². The highest BCUT2D eigenvalue weighted by atomic mass is 16.4. The van der Waals surface area contributed by atoms with E-state index in [0.29, 0.717) is 0 Å². The van der Waals surface area contributed by atoms with Gasteiger partial charge in [-0.2, -0.15) is 0 Å². The van der Waals surface area contributed by atoms with E-state index in [9.17, 15) is 4.79 Å². The van der Waals surface area contributed by atoms with Gasteiger partial charge in [0.1, 0.15) is 5.76 Å². The number of nitrogens with one attached hydrogen (secondary N) is 1. The van der Waals surface area contributed by atoms with Crippen molar-refractivity contribution in [2.24, 2.45) is 0 Å². The average molecular weight is 131 g/mol. The Morgan fingerprint density at radius 1 is 1.67 bits per heavy atom. The third-order valence-corrected chi connectivity index (χ3v) is 0.648. The minimum atomic E-state index is -1.14. The van der Waals surface area contributed by atoms with Crippen molar-refractivity contribution < 1.29 is 15.0 Å². The maximum atomic E-state index is 9.82. The van der Waals surface area contributed by atoms with Crippen molar-refractivity contribution in [3.63, 3.8) is 0 Å². The highest BCUT2D eigenvalue weighted by molar-refractivity contribution is 5.80. The molecule has 0 fully saturated rings. The van der Waals surface area contributed by atoms with Crippen LogP contribution in [0.4, 0.5) is 0 Å². The molecule has 0 amide bonds. The van der Waals surface area contributed by atoms with Crippen LogP contribution in [-0.4, -0.2) is 29.8 Å². The van der Waals surface area contributed by atoms with Gasteiger partial charge in [-0.15, -0.1) is 0 Å². The van der Waals surface area contributed by atoms with Gasteiger partial charge in [0.25, 0.3) is 0 Å². The minimum absolute atomic E-state index is 0.176. The van der Waals surface area contributed by atoms with Crippen LogP contribution in [-0.2, 0) is 4.79 Å². The van der Waals surface area contributed by atoms with Crippen molar-refractivity contribution >= 4 is 5.97 Å². The highest BCUT2D eigenvalue weighted by Crippen LogP contribution is 1.82. The summed E-state index contributed by atoms with van der Waals surface area (Å²) in [6.45, 7) is 0.187. The van der Waals surface area contributed by atoms with Crippen molar-refractivity contribution in [1.29, 1.82) is 0 Å². The minimum Gasteiger partial charge on any atom is -0.511 e. The van der Waals surface area contributed by atoms with Crippen LogP contribution >= 0.6 is 0 Å². The van der Waals surface area contributed by atoms with Gasteiger partial charge < -0.3 is 15.5 Å². The molecule has 4 nitrogen and oxygen atoms in total. The molecule has 0 aromatic carbocycles. The van der Waals surface area contributed by atoms with Gasteiger partial charge in [0.05, 0.1) is 12.6 Å².